The average molecular weight is 365 g/mol. The summed E-state index contributed by atoms with van der Waals surface area (Å²) in [6.45, 7) is 10.1. The van der Waals surface area contributed by atoms with E-state index >= 15 is 0 Å². The van der Waals surface area contributed by atoms with E-state index in [-0.39, 0.29) is 12.5 Å². The molecule has 0 fully saturated rings. The summed E-state index contributed by atoms with van der Waals surface area (Å²) in [5.41, 5.74) is 4.07. The molecule has 0 aliphatic rings. The van der Waals surface area contributed by atoms with Crippen molar-refractivity contribution in [2.75, 3.05) is 13.1 Å². The number of aromatic nitrogens is 2. The molecule has 0 spiro atoms. The van der Waals surface area contributed by atoms with E-state index < -0.39 is 0 Å². The fourth-order valence-corrected chi connectivity index (χ4v) is 3.23. The molecule has 3 aromatic rings. The molecule has 0 aliphatic carbocycles. The first-order valence-electron chi connectivity index (χ1n) is 9.45. The predicted octanol–water partition coefficient (Wildman–Crippen LogP) is 4.10. The zero-order chi connectivity index (χ0) is 19.4. The van der Waals surface area contributed by atoms with Crippen LogP contribution in [-0.4, -0.2) is 33.4 Å². The first kappa shape index (κ1) is 19.0. The van der Waals surface area contributed by atoms with Crippen LogP contribution in [0.1, 0.15) is 30.8 Å². The van der Waals surface area contributed by atoms with Crippen LogP contribution >= 0.6 is 0 Å². The number of hydrogen-bond acceptors (Lipinski definition) is 3. The van der Waals surface area contributed by atoms with Crippen LogP contribution < -0.4 is 4.74 Å². The third kappa shape index (κ3) is 4.13. The fourth-order valence-electron chi connectivity index (χ4n) is 3.23. The monoisotopic (exact) mass is 365 g/mol. The van der Waals surface area contributed by atoms with Gasteiger partial charge in [0.25, 0.3) is 0 Å². The maximum absolute atomic E-state index is 12.7. The summed E-state index contributed by atoms with van der Waals surface area (Å²) in [5.74, 6) is 1.71. The number of fused-ring (bicyclic) bond motifs is 1. The first-order valence-corrected chi connectivity index (χ1v) is 9.45. The van der Waals surface area contributed by atoms with Gasteiger partial charge < -0.3 is 14.2 Å². The van der Waals surface area contributed by atoms with Crippen molar-refractivity contribution in [2.45, 2.75) is 40.8 Å². The molecule has 27 heavy (non-hydrogen) atoms. The molecule has 0 saturated heterocycles. The molecule has 0 radical (unpaired) electrons. The van der Waals surface area contributed by atoms with E-state index in [9.17, 15) is 4.79 Å². The standard InChI is InChI=1S/C22H27N3O2/c1-5-24(6-2)22(26)14-25-19-10-8-7-9-18(19)23-21(25)15-27-20-13-16(3)11-12-17(20)4/h7-13H,5-6,14-15H2,1-4H3. The van der Waals surface area contributed by atoms with Crippen LogP contribution in [0.2, 0.25) is 0 Å². The average Bonchev–Trinajstić information content (AvgIpc) is 3.01. The third-order valence-electron chi connectivity index (χ3n) is 4.84. The van der Waals surface area contributed by atoms with E-state index in [1.54, 1.807) is 0 Å². The van der Waals surface area contributed by atoms with Crippen molar-refractivity contribution in [1.29, 1.82) is 0 Å². The summed E-state index contributed by atoms with van der Waals surface area (Å²) in [6, 6.07) is 14.1. The Bertz CT molecular complexity index is 942. The van der Waals surface area contributed by atoms with Crippen LogP contribution in [-0.2, 0) is 17.9 Å². The van der Waals surface area contributed by atoms with Crippen molar-refractivity contribution in [3.05, 3.63) is 59.4 Å². The number of carbonyl (C=O) groups excluding carboxylic acids is 1. The van der Waals surface area contributed by atoms with Gasteiger partial charge >= 0.3 is 0 Å². The lowest BCUT2D eigenvalue weighted by molar-refractivity contribution is -0.131. The molecule has 5 nitrogen and oxygen atoms in total. The number of rotatable bonds is 7. The lowest BCUT2D eigenvalue weighted by atomic mass is 10.1. The minimum absolute atomic E-state index is 0.0936. The van der Waals surface area contributed by atoms with E-state index in [0.29, 0.717) is 19.7 Å². The van der Waals surface area contributed by atoms with Crippen molar-refractivity contribution in [2.24, 2.45) is 0 Å². The summed E-state index contributed by atoms with van der Waals surface area (Å²) < 4.78 is 8.03. The summed E-state index contributed by atoms with van der Waals surface area (Å²) in [4.78, 5) is 19.2. The molecular weight excluding hydrogens is 338 g/mol. The number of benzene rings is 2. The highest BCUT2D eigenvalue weighted by atomic mass is 16.5. The van der Waals surface area contributed by atoms with Crippen LogP contribution in [0.25, 0.3) is 11.0 Å². The third-order valence-corrected chi connectivity index (χ3v) is 4.84. The van der Waals surface area contributed by atoms with Gasteiger partial charge in [0, 0.05) is 13.1 Å². The lowest BCUT2D eigenvalue weighted by Crippen LogP contribution is -2.33. The number of nitrogens with zero attached hydrogens (tertiary/aromatic N) is 3. The zero-order valence-corrected chi connectivity index (χ0v) is 16.5. The van der Waals surface area contributed by atoms with Gasteiger partial charge in [0.2, 0.25) is 5.91 Å². The van der Waals surface area contributed by atoms with Crippen molar-refractivity contribution in [1.82, 2.24) is 14.5 Å². The molecule has 0 atom stereocenters. The molecule has 0 N–H and O–H groups in total. The van der Waals surface area contributed by atoms with Crippen molar-refractivity contribution >= 4 is 16.9 Å². The van der Waals surface area contributed by atoms with Crippen LogP contribution in [0.3, 0.4) is 0 Å². The van der Waals surface area contributed by atoms with Crippen molar-refractivity contribution in [3.63, 3.8) is 0 Å². The number of amides is 1. The quantitative estimate of drug-likeness (QED) is 0.633. The van der Waals surface area contributed by atoms with Crippen LogP contribution in [0, 0.1) is 13.8 Å². The smallest absolute Gasteiger partial charge is 0.242 e. The van der Waals surface area contributed by atoms with Crippen LogP contribution in [0.5, 0.6) is 5.75 Å². The SMILES string of the molecule is CCN(CC)C(=O)Cn1c(COc2cc(C)ccc2C)nc2ccccc21. The Kier molecular flexibility index (Phi) is 5.79. The van der Waals surface area contributed by atoms with Gasteiger partial charge in [0.15, 0.2) is 0 Å². The number of imidazole rings is 1. The van der Waals surface area contributed by atoms with Crippen LogP contribution in [0.15, 0.2) is 42.5 Å². The summed E-state index contributed by atoms with van der Waals surface area (Å²) in [6.07, 6.45) is 0. The zero-order valence-electron chi connectivity index (χ0n) is 16.5. The molecule has 0 unspecified atom stereocenters. The molecule has 142 valence electrons. The Balaban J connectivity index is 1.90. The van der Waals surface area contributed by atoms with Gasteiger partial charge in [-0.05, 0) is 57.0 Å². The number of para-hydroxylation sites is 2. The van der Waals surface area contributed by atoms with Gasteiger partial charge in [0.05, 0.1) is 11.0 Å². The highest BCUT2D eigenvalue weighted by molar-refractivity contribution is 5.81. The van der Waals surface area contributed by atoms with E-state index in [1.165, 1.54) is 0 Å². The molecule has 0 bridgehead atoms. The Morgan fingerprint density at radius 1 is 1.11 bits per heavy atom. The highest BCUT2D eigenvalue weighted by Crippen LogP contribution is 2.22. The Morgan fingerprint density at radius 2 is 1.85 bits per heavy atom. The lowest BCUT2D eigenvalue weighted by Gasteiger charge is -2.20. The molecule has 1 amide bonds. The maximum atomic E-state index is 12.7. The summed E-state index contributed by atoms with van der Waals surface area (Å²) in [7, 11) is 0. The molecule has 5 heteroatoms. The van der Waals surface area contributed by atoms with E-state index in [1.807, 2.05) is 67.5 Å². The number of hydrogen-bond donors (Lipinski definition) is 0. The van der Waals surface area contributed by atoms with Crippen molar-refractivity contribution < 1.29 is 9.53 Å². The summed E-state index contributed by atoms with van der Waals surface area (Å²) in [5, 5.41) is 0. The topological polar surface area (TPSA) is 47.4 Å². The van der Waals surface area contributed by atoms with Crippen LogP contribution in [0.4, 0.5) is 0 Å². The Labute approximate surface area is 160 Å². The molecule has 3 rings (SSSR count). The minimum Gasteiger partial charge on any atom is -0.485 e. The summed E-state index contributed by atoms with van der Waals surface area (Å²) >= 11 is 0. The van der Waals surface area contributed by atoms with E-state index in [2.05, 4.69) is 12.1 Å². The van der Waals surface area contributed by atoms with Crippen molar-refractivity contribution in [3.8, 4) is 5.75 Å². The van der Waals surface area contributed by atoms with Gasteiger partial charge in [-0.15, -0.1) is 0 Å². The second-order valence-electron chi connectivity index (χ2n) is 6.73. The van der Waals surface area contributed by atoms with Gasteiger partial charge in [-0.2, -0.15) is 0 Å². The minimum atomic E-state index is 0.0936. The predicted molar refractivity (Wildman–Crippen MR) is 108 cm³/mol. The van der Waals surface area contributed by atoms with E-state index in [4.69, 9.17) is 9.72 Å². The number of ether oxygens (including phenoxy) is 1. The van der Waals surface area contributed by atoms with Gasteiger partial charge in [0.1, 0.15) is 24.7 Å². The maximum Gasteiger partial charge on any atom is 0.242 e. The van der Waals surface area contributed by atoms with Gasteiger partial charge in [-0.25, -0.2) is 4.98 Å². The second-order valence-corrected chi connectivity index (χ2v) is 6.73. The molecular formula is C22H27N3O2. The number of likely N-dealkylation sites (N-methyl/N-ethyl adjacent to an activating group) is 1. The van der Waals surface area contributed by atoms with Gasteiger partial charge in [-0.3, -0.25) is 4.79 Å². The fraction of sp³-hybridized carbons (Fsp3) is 0.364. The Morgan fingerprint density at radius 3 is 2.59 bits per heavy atom. The second kappa shape index (κ2) is 8.25. The largest absolute Gasteiger partial charge is 0.485 e. The first-order chi connectivity index (χ1) is 13.0. The molecule has 0 aliphatic heterocycles. The van der Waals surface area contributed by atoms with E-state index in [0.717, 1.165) is 33.7 Å². The normalized spacial score (nSPS) is 11.0. The molecule has 1 aromatic heterocycles. The molecule has 0 saturated carbocycles. The van der Waals surface area contributed by atoms with Gasteiger partial charge in [-0.1, -0.05) is 24.3 Å². The highest BCUT2D eigenvalue weighted by Gasteiger charge is 2.17. The molecule has 2 aromatic carbocycles. The molecule has 1 heterocycles. The number of carbonyl (C=O) groups is 1. The Hall–Kier alpha value is -2.82. The number of aryl methyl sites for hydroxylation is 2.